The van der Waals surface area contributed by atoms with E-state index in [0.29, 0.717) is 6.42 Å². The molecule has 0 rings (SSSR count). The number of nitrogens with two attached hydrogens (primary N) is 1. The van der Waals surface area contributed by atoms with Crippen molar-refractivity contribution in [2.45, 2.75) is 38.8 Å². The summed E-state index contributed by atoms with van der Waals surface area (Å²) in [4.78, 5) is 22.8. The monoisotopic (exact) mass is 262 g/mol. The van der Waals surface area contributed by atoms with Crippen LogP contribution in [-0.2, 0) is 14.3 Å². The number of rotatable bonds is 6. The van der Waals surface area contributed by atoms with E-state index in [1.807, 2.05) is 6.26 Å². The van der Waals surface area contributed by atoms with Gasteiger partial charge in [0.1, 0.15) is 12.1 Å². The smallest absolute Gasteiger partial charge is 0.325 e. The van der Waals surface area contributed by atoms with E-state index in [-0.39, 0.29) is 12.5 Å². The van der Waals surface area contributed by atoms with Gasteiger partial charge in [-0.3, -0.25) is 9.59 Å². The summed E-state index contributed by atoms with van der Waals surface area (Å²) in [6.07, 6.45) is 2.55. The van der Waals surface area contributed by atoms with Gasteiger partial charge in [0.2, 0.25) is 5.91 Å². The van der Waals surface area contributed by atoms with Crippen molar-refractivity contribution in [1.82, 2.24) is 5.32 Å². The van der Waals surface area contributed by atoms with Crippen LogP contribution in [0.15, 0.2) is 0 Å². The van der Waals surface area contributed by atoms with Crippen LogP contribution in [0.1, 0.15) is 27.2 Å². The highest BCUT2D eigenvalue weighted by Gasteiger charge is 2.18. The lowest BCUT2D eigenvalue weighted by atomic mass is 10.2. The molecule has 0 aromatic rings. The van der Waals surface area contributed by atoms with Gasteiger partial charge in [0.15, 0.2) is 0 Å². The van der Waals surface area contributed by atoms with Crippen molar-refractivity contribution in [1.29, 1.82) is 0 Å². The van der Waals surface area contributed by atoms with Crippen molar-refractivity contribution < 1.29 is 14.3 Å². The first kappa shape index (κ1) is 16.2. The third-order valence-electron chi connectivity index (χ3n) is 1.80. The molecule has 0 aromatic carbocycles. The number of amides is 1. The SMILES string of the molecule is CSCCC(N)C(=O)NCC(=O)OC(C)(C)C. The molecule has 1 amide bonds. The van der Waals surface area contributed by atoms with Crippen molar-refractivity contribution >= 4 is 23.6 Å². The third kappa shape index (κ3) is 9.00. The van der Waals surface area contributed by atoms with Crippen LogP contribution in [0.25, 0.3) is 0 Å². The van der Waals surface area contributed by atoms with Crippen molar-refractivity contribution in [3.05, 3.63) is 0 Å². The molecule has 0 aromatic heterocycles. The minimum absolute atomic E-state index is 0.136. The van der Waals surface area contributed by atoms with Gasteiger partial charge < -0.3 is 15.8 Å². The molecule has 0 aliphatic carbocycles. The molecule has 3 N–H and O–H groups in total. The summed E-state index contributed by atoms with van der Waals surface area (Å²) in [5.74, 6) is 0.0499. The highest BCUT2D eigenvalue weighted by molar-refractivity contribution is 7.98. The van der Waals surface area contributed by atoms with E-state index in [2.05, 4.69) is 5.32 Å². The van der Waals surface area contributed by atoms with Crippen LogP contribution < -0.4 is 11.1 Å². The van der Waals surface area contributed by atoms with Crippen LogP contribution in [0.2, 0.25) is 0 Å². The molecule has 0 aliphatic rings. The molecule has 0 radical (unpaired) electrons. The third-order valence-corrected chi connectivity index (χ3v) is 2.44. The predicted molar refractivity (Wildman–Crippen MR) is 69.8 cm³/mol. The fraction of sp³-hybridized carbons (Fsp3) is 0.818. The van der Waals surface area contributed by atoms with Crippen molar-refractivity contribution in [3.8, 4) is 0 Å². The average molecular weight is 262 g/mol. The molecule has 0 heterocycles. The Balaban J connectivity index is 3.87. The van der Waals surface area contributed by atoms with Gasteiger partial charge in [0.05, 0.1) is 6.04 Å². The maximum atomic E-state index is 11.5. The lowest BCUT2D eigenvalue weighted by molar-refractivity contribution is -0.154. The molecule has 0 aliphatic heterocycles. The van der Waals surface area contributed by atoms with Gasteiger partial charge in [0, 0.05) is 0 Å². The number of ether oxygens (including phenoxy) is 1. The van der Waals surface area contributed by atoms with E-state index < -0.39 is 17.6 Å². The quantitative estimate of drug-likeness (QED) is 0.682. The number of thioether (sulfide) groups is 1. The van der Waals surface area contributed by atoms with E-state index in [4.69, 9.17) is 10.5 Å². The van der Waals surface area contributed by atoms with Crippen LogP contribution >= 0.6 is 11.8 Å². The predicted octanol–water partition coefficient (Wildman–Crippen LogP) is 0.525. The zero-order valence-electron chi connectivity index (χ0n) is 10.9. The van der Waals surface area contributed by atoms with Gasteiger partial charge in [-0.15, -0.1) is 0 Å². The average Bonchev–Trinajstić information content (AvgIpc) is 2.20. The van der Waals surface area contributed by atoms with Crippen molar-refractivity contribution in [3.63, 3.8) is 0 Å². The Morgan fingerprint density at radius 1 is 1.41 bits per heavy atom. The number of nitrogens with one attached hydrogen (secondary N) is 1. The maximum absolute atomic E-state index is 11.5. The molecule has 0 bridgehead atoms. The lowest BCUT2D eigenvalue weighted by Gasteiger charge is -2.20. The molecule has 0 saturated carbocycles. The summed E-state index contributed by atoms with van der Waals surface area (Å²) < 4.78 is 5.05. The molecule has 1 atom stereocenters. The summed E-state index contributed by atoms with van der Waals surface area (Å²) in [6, 6.07) is -0.565. The first-order chi connectivity index (χ1) is 7.76. The van der Waals surface area contributed by atoms with Gasteiger partial charge in [0.25, 0.3) is 0 Å². The Hall–Kier alpha value is -0.750. The molecule has 0 saturated heterocycles. The van der Waals surface area contributed by atoms with Gasteiger partial charge >= 0.3 is 5.97 Å². The van der Waals surface area contributed by atoms with E-state index in [9.17, 15) is 9.59 Å². The van der Waals surface area contributed by atoms with Gasteiger partial charge in [-0.2, -0.15) is 11.8 Å². The number of carbonyl (C=O) groups is 2. The Morgan fingerprint density at radius 2 is 2.00 bits per heavy atom. The Morgan fingerprint density at radius 3 is 2.47 bits per heavy atom. The highest BCUT2D eigenvalue weighted by Crippen LogP contribution is 2.06. The van der Waals surface area contributed by atoms with Crippen LogP contribution in [0.4, 0.5) is 0 Å². The summed E-state index contributed by atoms with van der Waals surface area (Å²) in [7, 11) is 0. The number of esters is 1. The summed E-state index contributed by atoms with van der Waals surface area (Å²) in [6.45, 7) is 5.19. The van der Waals surface area contributed by atoms with Crippen LogP contribution in [-0.4, -0.2) is 42.1 Å². The maximum Gasteiger partial charge on any atom is 0.325 e. The minimum Gasteiger partial charge on any atom is -0.459 e. The van der Waals surface area contributed by atoms with Gasteiger partial charge in [-0.25, -0.2) is 0 Å². The fourth-order valence-corrected chi connectivity index (χ4v) is 1.53. The zero-order chi connectivity index (χ0) is 13.5. The van der Waals surface area contributed by atoms with Gasteiger partial charge in [-0.1, -0.05) is 0 Å². The second-order valence-corrected chi connectivity index (χ2v) is 5.68. The van der Waals surface area contributed by atoms with E-state index in [1.165, 1.54) is 0 Å². The molecule has 0 fully saturated rings. The molecule has 6 heteroatoms. The molecule has 17 heavy (non-hydrogen) atoms. The van der Waals surface area contributed by atoms with Crippen LogP contribution in [0, 0.1) is 0 Å². The first-order valence-corrected chi connectivity index (χ1v) is 6.89. The molecule has 0 spiro atoms. The Bertz CT molecular complexity index is 264. The van der Waals surface area contributed by atoms with Gasteiger partial charge in [-0.05, 0) is 39.2 Å². The van der Waals surface area contributed by atoms with Crippen LogP contribution in [0.5, 0.6) is 0 Å². The lowest BCUT2D eigenvalue weighted by Crippen LogP contribution is -2.44. The molecule has 5 nitrogen and oxygen atoms in total. The van der Waals surface area contributed by atoms with E-state index in [0.717, 1.165) is 5.75 Å². The fourth-order valence-electron chi connectivity index (χ4n) is 1.04. The molecule has 1 unspecified atom stereocenters. The van der Waals surface area contributed by atoms with Crippen LogP contribution in [0.3, 0.4) is 0 Å². The number of hydrogen-bond acceptors (Lipinski definition) is 5. The zero-order valence-corrected chi connectivity index (χ0v) is 11.7. The standard InChI is InChI=1S/C11H22N2O3S/c1-11(2,3)16-9(14)7-13-10(15)8(12)5-6-17-4/h8H,5-7,12H2,1-4H3,(H,13,15). The normalized spacial score (nSPS) is 13.0. The highest BCUT2D eigenvalue weighted by atomic mass is 32.2. The molecular weight excluding hydrogens is 240 g/mol. The summed E-state index contributed by atoms with van der Waals surface area (Å²) in [5, 5.41) is 2.47. The summed E-state index contributed by atoms with van der Waals surface area (Å²) in [5.41, 5.74) is 5.10. The Labute approximate surface area is 107 Å². The number of hydrogen-bond donors (Lipinski definition) is 2. The van der Waals surface area contributed by atoms with Crippen molar-refractivity contribution in [2.24, 2.45) is 5.73 Å². The van der Waals surface area contributed by atoms with E-state index in [1.54, 1.807) is 32.5 Å². The largest absolute Gasteiger partial charge is 0.459 e. The summed E-state index contributed by atoms with van der Waals surface area (Å²) >= 11 is 1.63. The molecule has 100 valence electrons. The minimum atomic E-state index is -0.565. The number of carbonyl (C=O) groups excluding carboxylic acids is 2. The second-order valence-electron chi connectivity index (χ2n) is 4.69. The first-order valence-electron chi connectivity index (χ1n) is 5.50. The topological polar surface area (TPSA) is 81.4 Å². The van der Waals surface area contributed by atoms with E-state index >= 15 is 0 Å². The van der Waals surface area contributed by atoms with Crippen molar-refractivity contribution in [2.75, 3.05) is 18.6 Å². The molecular formula is C11H22N2O3S. The Kier molecular flexibility index (Phi) is 7.22. The second kappa shape index (κ2) is 7.55.